The van der Waals surface area contributed by atoms with Crippen LogP contribution in [0.3, 0.4) is 0 Å². The molecule has 0 bridgehead atoms. The molecule has 0 saturated heterocycles. The van der Waals surface area contributed by atoms with Gasteiger partial charge in [-0.15, -0.1) is 0 Å². The largest absolute Gasteiger partial charge is 0.411 e. The highest BCUT2D eigenvalue weighted by molar-refractivity contribution is 7.59. The smallest absolute Gasteiger partial charge is 0.259 e. The van der Waals surface area contributed by atoms with Gasteiger partial charge in [-0.25, -0.2) is 0 Å². The Morgan fingerprint density at radius 1 is 0.507 bits per heavy atom. The number of aliphatic hydroxyl groups is 5. The molecule has 0 spiro atoms. The standard InChI is InChI=1S/C31H33N3O5Si.C25H19N3O5.2H2S/c1-31(2,3)40(4,5)39-20-14-19(27(35)28(20)36)34-18-13-9-7-11-16(18)22-24-23(29(37)33-30(24)38)21-15-10-6-8-12-17(15)32-25(21)26(22)34;29-15-9-14(22(30)23(15)31)28-13-8-4-2-6-11(13)17-19-18(24(32)27-25(19)33)16-10-5-1-3-7-12(10)26-20(16)21(17)28;;/h6-13,19-20,27-28,32,35-36H,14H2,1-5H3,(H,33,37,38);1-8,14-15,22-23,26,29-31H,9H2,(H,27,32,33);2*1H2/t19?,20-,27-,28+;14?,15-,22-,23+;;/m00../s1. The molecule has 4 aliphatic rings. The minimum absolute atomic E-state index is 0. The van der Waals surface area contributed by atoms with Crippen molar-refractivity contribution in [3.8, 4) is 0 Å². The summed E-state index contributed by atoms with van der Waals surface area (Å²) in [5, 5.41) is 65.1. The number of aromatic amines is 2. The van der Waals surface area contributed by atoms with Gasteiger partial charge < -0.3 is 49.1 Å². The fourth-order valence-corrected chi connectivity index (χ4v) is 13.7. The van der Waals surface area contributed by atoms with Crippen LogP contribution in [0.4, 0.5) is 0 Å². The number of amides is 4. The molecule has 75 heavy (non-hydrogen) atoms. The highest BCUT2D eigenvalue weighted by Crippen LogP contribution is 2.50. The predicted octanol–water partition coefficient (Wildman–Crippen LogP) is 7.94. The summed E-state index contributed by atoms with van der Waals surface area (Å²) in [5.41, 5.74) is 7.43. The lowest BCUT2D eigenvalue weighted by atomic mass is 9.96. The predicted molar refractivity (Wildman–Crippen MR) is 301 cm³/mol. The van der Waals surface area contributed by atoms with E-state index in [0.29, 0.717) is 61.3 Å². The van der Waals surface area contributed by atoms with Crippen LogP contribution in [-0.4, -0.2) is 113 Å². The fourth-order valence-electron chi connectivity index (χ4n) is 12.4. The maximum absolute atomic E-state index is 13.3. The lowest BCUT2D eigenvalue weighted by Crippen LogP contribution is -2.46. The summed E-state index contributed by atoms with van der Waals surface area (Å²) < 4.78 is 10.6. The molecule has 4 aromatic heterocycles. The van der Waals surface area contributed by atoms with Gasteiger partial charge in [0.25, 0.3) is 23.6 Å². The van der Waals surface area contributed by atoms with Crippen molar-refractivity contribution in [2.24, 2.45) is 0 Å². The highest BCUT2D eigenvalue weighted by atomic mass is 32.1. The van der Waals surface area contributed by atoms with Gasteiger partial charge in [0.1, 0.15) is 24.4 Å². The van der Waals surface area contributed by atoms with Crippen molar-refractivity contribution >= 4 is 146 Å². The summed E-state index contributed by atoms with van der Waals surface area (Å²) in [5.74, 6) is -1.73. The summed E-state index contributed by atoms with van der Waals surface area (Å²) in [6.07, 6.45) is -5.66. The fraction of sp³-hybridized carbons (Fsp3) is 0.286. The highest BCUT2D eigenvalue weighted by Gasteiger charge is 2.50. The topological polar surface area (TPSA) is 244 Å². The average molecular weight is 1070 g/mol. The number of imide groups is 2. The van der Waals surface area contributed by atoms with Crippen LogP contribution in [-0.2, 0) is 4.43 Å². The van der Waals surface area contributed by atoms with Gasteiger partial charge in [0.05, 0.1) is 68.6 Å². The third-order valence-corrected chi connectivity index (χ3v) is 21.2. The number of carbonyl (C=O) groups excluding carboxylic acids is 4. The van der Waals surface area contributed by atoms with E-state index in [9.17, 15) is 44.7 Å². The maximum atomic E-state index is 13.3. The number of nitrogens with one attached hydrogen (secondary N) is 4. The molecule has 9 N–H and O–H groups in total. The second-order valence-corrected chi connectivity index (χ2v) is 26.4. The van der Waals surface area contributed by atoms with Gasteiger partial charge in [-0.2, -0.15) is 27.0 Å². The van der Waals surface area contributed by atoms with Crippen molar-refractivity contribution < 1.29 is 49.1 Å². The van der Waals surface area contributed by atoms with E-state index in [1.54, 1.807) is 0 Å². The molecule has 8 atom stereocenters. The number of benzene rings is 6. The first-order valence-electron chi connectivity index (χ1n) is 24.7. The van der Waals surface area contributed by atoms with Crippen molar-refractivity contribution in [3.63, 3.8) is 0 Å². The Labute approximate surface area is 442 Å². The number of H-pyrrole nitrogens is 2. The van der Waals surface area contributed by atoms with Crippen LogP contribution in [0.15, 0.2) is 97.1 Å². The molecular formula is C56H56N6O10S2Si. The molecule has 16 nitrogen and oxygen atoms in total. The van der Waals surface area contributed by atoms with E-state index < -0.39 is 80.7 Å². The number of nitrogens with zero attached hydrogens (tertiary/aromatic N) is 2. The maximum Gasteiger partial charge on any atom is 0.259 e. The van der Waals surface area contributed by atoms with Crippen LogP contribution in [0.1, 0.15) is 87.1 Å². The molecule has 2 saturated carbocycles. The van der Waals surface area contributed by atoms with E-state index in [0.717, 1.165) is 54.6 Å². The summed E-state index contributed by atoms with van der Waals surface area (Å²) in [6.45, 7) is 10.8. The summed E-state index contributed by atoms with van der Waals surface area (Å²) >= 11 is 0. The van der Waals surface area contributed by atoms with E-state index in [2.05, 4.69) is 59.0 Å². The molecule has 2 aliphatic heterocycles. The Bertz CT molecular complexity index is 4120. The molecule has 6 heterocycles. The number of rotatable bonds is 4. The van der Waals surface area contributed by atoms with E-state index in [4.69, 9.17) is 4.43 Å². The molecule has 2 unspecified atom stereocenters. The summed E-state index contributed by atoms with van der Waals surface area (Å²) in [4.78, 5) is 59.5. The monoisotopic (exact) mass is 1060 g/mol. The van der Waals surface area contributed by atoms with Crippen LogP contribution < -0.4 is 10.6 Å². The third kappa shape index (κ3) is 6.99. The summed E-state index contributed by atoms with van der Waals surface area (Å²) in [6, 6.07) is 29.4. The molecule has 6 aromatic carbocycles. The van der Waals surface area contributed by atoms with E-state index >= 15 is 0 Å². The Morgan fingerprint density at radius 2 is 0.880 bits per heavy atom. The molecule has 19 heteroatoms. The quantitative estimate of drug-likeness (QED) is 0.0609. The molecule has 4 amide bonds. The Balaban J connectivity index is 0.000000159. The van der Waals surface area contributed by atoms with E-state index in [-0.39, 0.29) is 38.5 Å². The minimum atomic E-state index is -2.24. The third-order valence-electron chi connectivity index (χ3n) is 16.7. The molecule has 2 fully saturated rings. The minimum Gasteiger partial charge on any atom is -0.411 e. The first-order valence-corrected chi connectivity index (χ1v) is 27.6. The van der Waals surface area contributed by atoms with Gasteiger partial charge in [0.2, 0.25) is 0 Å². The van der Waals surface area contributed by atoms with E-state index in [1.807, 2.05) is 102 Å². The lowest BCUT2D eigenvalue weighted by Gasteiger charge is -2.39. The van der Waals surface area contributed by atoms with Crippen LogP contribution in [0, 0.1) is 0 Å². The Kier molecular flexibility index (Phi) is 11.8. The molecule has 386 valence electrons. The lowest BCUT2D eigenvalue weighted by molar-refractivity contribution is -0.0241. The zero-order valence-corrected chi connectivity index (χ0v) is 44.4. The molecule has 10 aromatic rings. The van der Waals surface area contributed by atoms with Gasteiger partial charge in [-0.3, -0.25) is 29.8 Å². The van der Waals surface area contributed by atoms with Crippen LogP contribution in [0.5, 0.6) is 0 Å². The van der Waals surface area contributed by atoms with Gasteiger partial charge in [0, 0.05) is 65.2 Å². The van der Waals surface area contributed by atoms with Gasteiger partial charge in [-0.05, 0) is 55.2 Å². The molecule has 2 aliphatic carbocycles. The zero-order chi connectivity index (χ0) is 50.9. The number of hydrogen-bond donors (Lipinski definition) is 9. The number of aromatic nitrogens is 4. The first-order chi connectivity index (χ1) is 34.9. The van der Waals surface area contributed by atoms with Crippen molar-refractivity contribution in [1.82, 2.24) is 29.7 Å². The number of carbonyl (C=O) groups is 4. The van der Waals surface area contributed by atoms with Gasteiger partial charge in [0.15, 0.2) is 8.32 Å². The van der Waals surface area contributed by atoms with Crippen LogP contribution >= 0.6 is 27.0 Å². The molecule has 0 radical (unpaired) electrons. The molecular weight excluding hydrogens is 1010 g/mol. The van der Waals surface area contributed by atoms with Crippen molar-refractivity contribution in [2.45, 2.75) is 100 Å². The van der Waals surface area contributed by atoms with Crippen LogP contribution in [0.25, 0.3) is 87.2 Å². The van der Waals surface area contributed by atoms with Gasteiger partial charge >= 0.3 is 0 Å². The van der Waals surface area contributed by atoms with Crippen molar-refractivity contribution in [2.75, 3.05) is 0 Å². The van der Waals surface area contributed by atoms with Crippen LogP contribution in [0.2, 0.25) is 18.1 Å². The summed E-state index contributed by atoms with van der Waals surface area (Å²) in [7, 11) is -2.24. The van der Waals surface area contributed by atoms with Gasteiger partial charge in [-0.1, -0.05) is 93.6 Å². The number of hydrogen-bond acceptors (Lipinski definition) is 10. The average Bonchev–Trinajstić information content (AvgIpc) is 4.31. The number of para-hydroxylation sites is 4. The number of aliphatic hydroxyl groups excluding tert-OH is 5. The Hall–Kier alpha value is -6.52. The first kappa shape index (κ1) is 50.6. The SMILES string of the molecule is CC(C)(C)[Si](C)(C)O[C@H]1CC(n2c3ccccc3c3c4c(c5c6ccccc6[nH]c5c32)C(=O)NC4=O)[C@H](O)[C@@H]1O.O=C1NC(=O)c2c1c1c3ccccc3[nH]c1c1c2c2ccccc2n1C1C[C@H](O)[C@@H](O)[C@H]1O.S.S. The van der Waals surface area contributed by atoms with E-state index in [1.165, 1.54) is 0 Å². The normalized spacial score (nSPS) is 23.7. The Morgan fingerprint density at radius 3 is 1.29 bits per heavy atom. The second-order valence-electron chi connectivity index (χ2n) is 21.7. The van der Waals surface area contributed by atoms with Crippen molar-refractivity contribution in [1.29, 1.82) is 0 Å². The second kappa shape index (κ2) is 17.5. The number of fused-ring (bicyclic) bond motifs is 20. The zero-order valence-electron chi connectivity index (χ0n) is 41.4. The molecule has 14 rings (SSSR count). The van der Waals surface area contributed by atoms with Crippen molar-refractivity contribution in [3.05, 3.63) is 119 Å².